The molecule has 0 aromatic carbocycles. The maximum atomic E-state index is 11.2. The third kappa shape index (κ3) is 5.50. The zero-order valence-electron chi connectivity index (χ0n) is 9.26. The molecule has 0 bridgehead atoms. The van der Waals surface area contributed by atoms with Gasteiger partial charge in [-0.3, -0.25) is 0 Å². The van der Waals surface area contributed by atoms with Gasteiger partial charge in [0.25, 0.3) is 0 Å². The van der Waals surface area contributed by atoms with Crippen molar-refractivity contribution in [2.24, 2.45) is 5.92 Å². The number of nitrogens with one attached hydrogen (secondary N) is 1. The van der Waals surface area contributed by atoms with E-state index in [2.05, 4.69) is 26.1 Å². The number of hydrogen-bond acceptors (Lipinski definition) is 2. The van der Waals surface area contributed by atoms with E-state index in [0.717, 1.165) is 6.42 Å². The fourth-order valence-corrected chi connectivity index (χ4v) is 1.14. The lowest BCUT2D eigenvalue weighted by molar-refractivity contribution is 0.109. The van der Waals surface area contributed by atoms with Crippen molar-refractivity contribution in [1.82, 2.24) is 5.32 Å². The smallest absolute Gasteiger partial charge is 0.407 e. The van der Waals surface area contributed by atoms with Crippen LogP contribution in [0.25, 0.3) is 0 Å². The second-order valence-corrected chi connectivity index (χ2v) is 3.86. The molecule has 1 atom stereocenters. The molecule has 78 valence electrons. The highest BCUT2D eigenvalue weighted by Gasteiger charge is 2.15. The monoisotopic (exact) mass is 187 g/mol. The summed E-state index contributed by atoms with van der Waals surface area (Å²) in [7, 11) is 0. The van der Waals surface area contributed by atoms with E-state index in [0.29, 0.717) is 5.92 Å². The van der Waals surface area contributed by atoms with Crippen molar-refractivity contribution in [2.75, 3.05) is 0 Å². The molecule has 0 fully saturated rings. The lowest BCUT2D eigenvalue weighted by Crippen LogP contribution is -2.39. The van der Waals surface area contributed by atoms with Gasteiger partial charge in [-0.2, -0.15) is 0 Å². The molecule has 3 nitrogen and oxygen atoms in total. The van der Waals surface area contributed by atoms with Gasteiger partial charge in [-0.1, -0.05) is 20.8 Å². The Morgan fingerprint density at radius 2 is 1.85 bits per heavy atom. The Hall–Kier alpha value is -0.730. The van der Waals surface area contributed by atoms with Gasteiger partial charge in [0.2, 0.25) is 0 Å². The number of carbonyl (C=O) groups excluding carboxylic acids is 1. The van der Waals surface area contributed by atoms with Crippen LogP contribution in [0.4, 0.5) is 4.79 Å². The van der Waals surface area contributed by atoms with Crippen LogP contribution in [0.1, 0.15) is 41.0 Å². The van der Waals surface area contributed by atoms with Crippen LogP contribution >= 0.6 is 0 Å². The SMILES string of the molecule is CCC(NC(=O)OC(C)C)C(C)C. The second kappa shape index (κ2) is 5.84. The van der Waals surface area contributed by atoms with Crippen LogP contribution in [0, 0.1) is 5.92 Å². The molecule has 0 spiro atoms. The summed E-state index contributed by atoms with van der Waals surface area (Å²) in [6.45, 7) is 9.92. The van der Waals surface area contributed by atoms with Gasteiger partial charge >= 0.3 is 6.09 Å². The number of ether oxygens (including phenoxy) is 1. The van der Waals surface area contributed by atoms with Crippen LogP contribution in [-0.2, 0) is 4.74 Å². The molecule has 0 saturated carbocycles. The normalized spacial score (nSPS) is 13.2. The van der Waals surface area contributed by atoms with E-state index in [1.807, 2.05) is 13.8 Å². The van der Waals surface area contributed by atoms with Gasteiger partial charge in [0.05, 0.1) is 6.10 Å². The van der Waals surface area contributed by atoms with Crippen LogP contribution in [0.5, 0.6) is 0 Å². The lowest BCUT2D eigenvalue weighted by atomic mass is 10.0. The average molecular weight is 187 g/mol. The van der Waals surface area contributed by atoms with Crippen LogP contribution in [0.3, 0.4) is 0 Å². The molecule has 0 heterocycles. The summed E-state index contributed by atoms with van der Waals surface area (Å²) in [5.41, 5.74) is 0. The van der Waals surface area contributed by atoms with Gasteiger partial charge in [-0.05, 0) is 26.2 Å². The quantitative estimate of drug-likeness (QED) is 0.734. The van der Waals surface area contributed by atoms with Gasteiger partial charge in [0.1, 0.15) is 0 Å². The number of hydrogen-bond donors (Lipinski definition) is 1. The molecule has 13 heavy (non-hydrogen) atoms. The topological polar surface area (TPSA) is 38.3 Å². The van der Waals surface area contributed by atoms with Crippen molar-refractivity contribution < 1.29 is 9.53 Å². The molecule has 0 aromatic heterocycles. The summed E-state index contributed by atoms with van der Waals surface area (Å²) >= 11 is 0. The molecule has 1 N–H and O–H groups in total. The van der Waals surface area contributed by atoms with Crippen molar-refractivity contribution >= 4 is 6.09 Å². The first-order valence-electron chi connectivity index (χ1n) is 4.94. The Morgan fingerprint density at radius 1 is 1.31 bits per heavy atom. The van der Waals surface area contributed by atoms with E-state index < -0.39 is 0 Å². The van der Waals surface area contributed by atoms with Crippen molar-refractivity contribution in [3.8, 4) is 0 Å². The molecule has 0 aliphatic rings. The summed E-state index contributed by atoms with van der Waals surface area (Å²) in [6, 6.07) is 0.214. The van der Waals surface area contributed by atoms with E-state index in [1.165, 1.54) is 0 Å². The van der Waals surface area contributed by atoms with Crippen LogP contribution in [0.2, 0.25) is 0 Å². The molecule has 1 amide bonds. The highest BCUT2D eigenvalue weighted by atomic mass is 16.6. The molecular weight excluding hydrogens is 166 g/mol. The highest BCUT2D eigenvalue weighted by molar-refractivity contribution is 5.67. The van der Waals surface area contributed by atoms with Gasteiger partial charge in [-0.25, -0.2) is 4.79 Å². The molecule has 1 unspecified atom stereocenters. The first-order valence-corrected chi connectivity index (χ1v) is 4.94. The van der Waals surface area contributed by atoms with Crippen molar-refractivity contribution in [3.63, 3.8) is 0 Å². The molecule has 0 radical (unpaired) electrons. The minimum atomic E-state index is -0.310. The second-order valence-electron chi connectivity index (χ2n) is 3.86. The van der Waals surface area contributed by atoms with Gasteiger partial charge in [0, 0.05) is 6.04 Å². The third-order valence-corrected chi connectivity index (χ3v) is 1.89. The largest absolute Gasteiger partial charge is 0.447 e. The fourth-order valence-electron chi connectivity index (χ4n) is 1.14. The first kappa shape index (κ1) is 12.3. The van der Waals surface area contributed by atoms with Crippen LogP contribution in [0.15, 0.2) is 0 Å². The molecule has 0 aliphatic heterocycles. The molecule has 0 aromatic rings. The Balaban J connectivity index is 3.87. The maximum absolute atomic E-state index is 11.2. The summed E-state index contributed by atoms with van der Waals surface area (Å²) in [4.78, 5) is 11.2. The molecule has 0 rings (SSSR count). The standard InChI is InChI=1S/C10H21NO2/c1-6-9(7(2)3)11-10(12)13-8(4)5/h7-9H,6H2,1-5H3,(H,11,12). The highest BCUT2D eigenvalue weighted by Crippen LogP contribution is 2.05. The molecule has 0 saturated heterocycles. The van der Waals surface area contributed by atoms with Crippen LogP contribution < -0.4 is 5.32 Å². The summed E-state index contributed by atoms with van der Waals surface area (Å²) < 4.78 is 4.98. The summed E-state index contributed by atoms with van der Waals surface area (Å²) in [6.07, 6.45) is 0.574. The molecular formula is C10H21NO2. The van der Waals surface area contributed by atoms with E-state index in [9.17, 15) is 4.79 Å². The zero-order valence-corrected chi connectivity index (χ0v) is 9.26. The minimum Gasteiger partial charge on any atom is -0.447 e. The summed E-state index contributed by atoms with van der Waals surface area (Å²) in [5.74, 6) is 0.449. The fraction of sp³-hybridized carbons (Fsp3) is 0.900. The van der Waals surface area contributed by atoms with E-state index in [1.54, 1.807) is 0 Å². The van der Waals surface area contributed by atoms with Crippen molar-refractivity contribution in [3.05, 3.63) is 0 Å². The van der Waals surface area contributed by atoms with Crippen LogP contribution in [-0.4, -0.2) is 18.2 Å². The predicted molar refractivity (Wildman–Crippen MR) is 53.7 cm³/mol. The maximum Gasteiger partial charge on any atom is 0.407 e. The average Bonchev–Trinajstić information content (AvgIpc) is 1.98. The minimum absolute atomic E-state index is 0.0512. The Bertz CT molecular complexity index is 155. The number of carbonyl (C=O) groups is 1. The number of alkyl carbamates (subject to hydrolysis) is 1. The van der Waals surface area contributed by atoms with E-state index >= 15 is 0 Å². The number of amides is 1. The van der Waals surface area contributed by atoms with Crippen molar-refractivity contribution in [1.29, 1.82) is 0 Å². The Labute approximate surface area is 80.8 Å². The predicted octanol–water partition coefficient (Wildman–Crippen LogP) is 2.56. The van der Waals surface area contributed by atoms with E-state index in [-0.39, 0.29) is 18.2 Å². The first-order chi connectivity index (χ1) is 5.97. The van der Waals surface area contributed by atoms with Gasteiger partial charge in [-0.15, -0.1) is 0 Å². The third-order valence-electron chi connectivity index (χ3n) is 1.89. The van der Waals surface area contributed by atoms with E-state index in [4.69, 9.17) is 4.74 Å². The molecule has 0 aliphatic carbocycles. The number of rotatable bonds is 4. The lowest BCUT2D eigenvalue weighted by Gasteiger charge is -2.21. The Kier molecular flexibility index (Phi) is 5.51. The van der Waals surface area contributed by atoms with Crippen molar-refractivity contribution in [2.45, 2.75) is 53.2 Å². The summed E-state index contributed by atoms with van der Waals surface area (Å²) in [5, 5.41) is 2.84. The van der Waals surface area contributed by atoms with Gasteiger partial charge in [0.15, 0.2) is 0 Å². The van der Waals surface area contributed by atoms with Gasteiger partial charge < -0.3 is 10.1 Å². The Morgan fingerprint density at radius 3 is 2.15 bits per heavy atom. The zero-order chi connectivity index (χ0) is 10.4. The molecule has 3 heteroatoms.